The minimum absolute atomic E-state index is 0.0497. The number of ether oxygens (including phenoxy) is 2. The molecule has 0 saturated heterocycles. The van der Waals surface area contributed by atoms with Gasteiger partial charge in [-0.2, -0.15) is 0 Å². The van der Waals surface area contributed by atoms with E-state index in [-0.39, 0.29) is 32.6 Å². The van der Waals surface area contributed by atoms with Crippen LogP contribution in [0.2, 0.25) is 0 Å². The van der Waals surface area contributed by atoms with E-state index in [0.29, 0.717) is 6.42 Å². The summed E-state index contributed by atoms with van der Waals surface area (Å²) in [5.74, 6) is -0.870. The molecule has 0 heterocycles. The van der Waals surface area contributed by atoms with Crippen LogP contribution in [-0.4, -0.2) is 49.3 Å². The molecule has 0 spiro atoms. The number of phosphoric acid groups is 1. The maximum Gasteiger partial charge on any atom is 0.472 e. The average Bonchev–Trinajstić information content (AvgIpc) is 3.18. The predicted molar refractivity (Wildman–Crippen MR) is 234 cm³/mol. The van der Waals surface area contributed by atoms with Crippen LogP contribution in [0, 0.1) is 0 Å². The first-order valence-corrected chi connectivity index (χ1v) is 24.8. The van der Waals surface area contributed by atoms with Gasteiger partial charge in [-0.1, -0.05) is 179 Å². The Morgan fingerprint density at radius 2 is 0.893 bits per heavy atom. The van der Waals surface area contributed by atoms with E-state index in [1.54, 1.807) is 0 Å². The third-order valence-corrected chi connectivity index (χ3v) is 11.0. The summed E-state index contributed by atoms with van der Waals surface area (Å²) in [7, 11) is -4.38. The summed E-state index contributed by atoms with van der Waals surface area (Å²) in [4.78, 5) is 34.8. The topological polar surface area (TPSA) is 134 Å². The molecule has 9 nitrogen and oxygen atoms in total. The first-order valence-electron chi connectivity index (χ1n) is 23.3. The van der Waals surface area contributed by atoms with E-state index in [1.807, 2.05) is 0 Å². The van der Waals surface area contributed by atoms with Crippen molar-refractivity contribution in [1.82, 2.24) is 0 Å². The number of carbonyl (C=O) groups excluding carboxylic acids is 2. The number of rotatable bonds is 44. The number of hydrogen-bond donors (Lipinski definition) is 2. The fourth-order valence-electron chi connectivity index (χ4n) is 6.58. The van der Waals surface area contributed by atoms with Crippen LogP contribution in [0.4, 0.5) is 0 Å². The Kier molecular flexibility index (Phi) is 41.9. The Morgan fingerprint density at radius 1 is 0.518 bits per heavy atom. The highest BCUT2D eigenvalue weighted by molar-refractivity contribution is 7.47. The van der Waals surface area contributed by atoms with E-state index in [2.05, 4.69) is 38.2 Å². The number of unbranched alkanes of at least 4 members (excludes halogenated alkanes) is 27. The largest absolute Gasteiger partial charge is 0.472 e. The summed E-state index contributed by atoms with van der Waals surface area (Å²) in [6.45, 7) is 3.69. The first-order chi connectivity index (χ1) is 27.3. The highest BCUT2D eigenvalue weighted by Crippen LogP contribution is 2.43. The number of allylic oxidation sites excluding steroid dienone is 4. The quantitative estimate of drug-likeness (QED) is 0.0267. The standard InChI is InChI=1S/C46H88NO8P/c1-3-5-7-9-11-13-15-17-18-19-20-21-22-23-24-25-26-27-29-31-33-35-37-39-46(49)55-44(43-54-56(50,51)53-41-40-47)42-52-45(48)38-36-34-32-30-28-16-14-12-10-8-6-4-2/h12,14,31,33,44H,3-11,13,15-30,32,34-43,47H2,1-2H3,(H,50,51)/b14-12+,33-31+/t44-/m1/s1. The van der Waals surface area contributed by atoms with E-state index < -0.39 is 32.5 Å². The van der Waals surface area contributed by atoms with Crippen molar-refractivity contribution in [2.75, 3.05) is 26.4 Å². The van der Waals surface area contributed by atoms with Gasteiger partial charge in [0, 0.05) is 19.4 Å². The second-order valence-electron chi connectivity index (χ2n) is 15.6. The van der Waals surface area contributed by atoms with Crippen LogP contribution in [0.3, 0.4) is 0 Å². The molecule has 0 radical (unpaired) electrons. The minimum Gasteiger partial charge on any atom is -0.462 e. The maximum atomic E-state index is 12.6. The zero-order chi connectivity index (χ0) is 41.1. The van der Waals surface area contributed by atoms with Gasteiger partial charge in [0.05, 0.1) is 13.2 Å². The molecule has 3 N–H and O–H groups in total. The summed E-state index contributed by atoms with van der Waals surface area (Å²) in [6.07, 6.45) is 46.6. The van der Waals surface area contributed by atoms with Crippen LogP contribution >= 0.6 is 7.82 Å². The molecule has 0 saturated carbocycles. The zero-order valence-electron chi connectivity index (χ0n) is 36.4. The van der Waals surface area contributed by atoms with Crippen LogP contribution in [-0.2, 0) is 32.7 Å². The Balaban J connectivity index is 4.06. The second kappa shape index (κ2) is 43.1. The summed E-state index contributed by atoms with van der Waals surface area (Å²) < 4.78 is 32.7. The second-order valence-corrected chi connectivity index (χ2v) is 17.1. The van der Waals surface area contributed by atoms with Gasteiger partial charge in [0.15, 0.2) is 6.10 Å². The molecular formula is C46H88NO8P. The van der Waals surface area contributed by atoms with Gasteiger partial charge in [0.1, 0.15) is 6.61 Å². The van der Waals surface area contributed by atoms with Crippen molar-refractivity contribution < 1.29 is 37.6 Å². The summed E-state index contributed by atoms with van der Waals surface area (Å²) in [5, 5.41) is 0. The fraction of sp³-hybridized carbons (Fsp3) is 0.870. The lowest BCUT2D eigenvalue weighted by Gasteiger charge is -2.19. The predicted octanol–water partition coefficient (Wildman–Crippen LogP) is 13.6. The van der Waals surface area contributed by atoms with Gasteiger partial charge in [-0.15, -0.1) is 0 Å². The Bertz CT molecular complexity index is 975. The van der Waals surface area contributed by atoms with Crippen molar-refractivity contribution in [3.63, 3.8) is 0 Å². The summed E-state index contributed by atoms with van der Waals surface area (Å²) in [6, 6.07) is 0. The molecule has 2 atom stereocenters. The molecule has 0 aliphatic heterocycles. The molecule has 0 aliphatic carbocycles. The van der Waals surface area contributed by atoms with Crippen LogP contribution < -0.4 is 5.73 Å². The van der Waals surface area contributed by atoms with Gasteiger partial charge in [0.25, 0.3) is 0 Å². The van der Waals surface area contributed by atoms with Gasteiger partial charge in [-0.3, -0.25) is 18.6 Å². The van der Waals surface area contributed by atoms with Gasteiger partial charge in [-0.05, 0) is 57.8 Å². The van der Waals surface area contributed by atoms with Gasteiger partial charge in [-0.25, -0.2) is 4.57 Å². The SMILES string of the molecule is CCCCC/C=C/CCCCCCCC(=O)OC[C@H](COP(=O)(O)OCCN)OC(=O)CCC/C=C/CCCCCCCCCCCCCCCCCCCC. The number of phosphoric ester groups is 1. The lowest BCUT2D eigenvalue weighted by Crippen LogP contribution is -2.29. The molecule has 10 heteroatoms. The highest BCUT2D eigenvalue weighted by Gasteiger charge is 2.26. The molecule has 0 aromatic heterocycles. The van der Waals surface area contributed by atoms with Gasteiger partial charge < -0.3 is 20.1 Å². The molecule has 0 fully saturated rings. The van der Waals surface area contributed by atoms with Crippen LogP contribution in [0.1, 0.15) is 226 Å². The van der Waals surface area contributed by atoms with Crippen molar-refractivity contribution in [3.8, 4) is 0 Å². The van der Waals surface area contributed by atoms with Crippen LogP contribution in [0.15, 0.2) is 24.3 Å². The first kappa shape index (κ1) is 54.5. The maximum absolute atomic E-state index is 12.6. The lowest BCUT2D eigenvalue weighted by atomic mass is 10.0. The normalized spacial score (nSPS) is 13.4. The minimum atomic E-state index is -4.38. The molecule has 0 aromatic rings. The Morgan fingerprint density at radius 3 is 1.36 bits per heavy atom. The summed E-state index contributed by atoms with van der Waals surface area (Å²) >= 11 is 0. The molecule has 0 rings (SSSR count). The molecule has 0 aliphatic rings. The molecule has 1 unspecified atom stereocenters. The third-order valence-electron chi connectivity index (χ3n) is 10.1. The molecule has 0 aromatic carbocycles. The van der Waals surface area contributed by atoms with E-state index in [1.165, 1.54) is 141 Å². The number of nitrogens with two attached hydrogens (primary N) is 1. The Hall–Kier alpha value is -1.51. The molecule has 0 bridgehead atoms. The molecule has 0 amide bonds. The van der Waals surface area contributed by atoms with E-state index in [0.717, 1.165) is 51.4 Å². The van der Waals surface area contributed by atoms with Crippen molar-refractivity contribution in [2.45, 2.75) is 232 Å². The van der Waals surface area contributed by atoms with Crippen molar-refractivity contribution >= 4 is 19.8 Å². The third kappa shape index (κ3) is 42.1. The molecule has 56 heavy (non-hydrogen) atoms. The smallest absolute Gasteiger partial charge is 0.462 e. The van der Waals surface area contributed by atoms with Gasteiger partial charge in [0.2, 0.25) is 0 Å². The number of carbonyl (C=O) groups is 2. The Labute approximate surface area is 344 Å². The van der Waals surface area contributed by atoms with Crippen molar-refractivity contribution in [2.24, 2.45) is 5.73 Å². The average molecular weight is 814 g/mol. The zero-order valence-corrected chi connectivity index (χ0v) is 37.3. The van der Waals surface area contributed by atoms with Crippen LogP contribution in [0.5, 0.6) is 0 Å². The number of hydrogen-bond acceptors (Lipinski definition) is 8. The van der Waals surface area contributed by atoms with Crippen LogP contribution in [0.25, 0.3) is 0 Å². The fourth-order valence-corrected chi connectivity index (χ4v) is 7.34. The molecular weight excluding hydrogens is 725 g/mol. The monoisotopic (exact) mass is 814 g/mol. The summed E-state index contributed by atoms with van der Waals surface area (Å²) in [5.41, 5.74) is 5.35. The van der Waals surface area contributed by atoms with E-state index in [4.69, 9.17) is 24.3 Å². The van der Waals surface area contributed by atoms with E-state index in [9.17, 15) is 19.0 Å². The van der Waals surface area contributed by atoms with Crippen molar-refractivity contribution in [1.29, 1.82) is 0 Å². The molecule has 330 valence electrons. The van der Waals surface area contributed by atoms with Crippen molar-refractivity contribution in [3.05, 3.63) is 24.3 Å². The highest BCUT2D eigenvalue weighted by atomic mass is 31.2. The number of esters is 2. The van der Waals surface area contributed by atoms with E-state index >= 15 is 0 Å². The van der Waals surface area contributed by atoms with Gasteiger partial charge >= 0.3 is 19.8 Å². The lowest BCUT2D eigenvalue weighted by molar-refractivity contribution is -0.161.